The minimum Gasteiger partial charge on any atom is -0.308 e. The van der Waals surface area contributed by atoms with Crippen molar-refractivity contribution in [2.24, 2.45) is 0 Å². The molecule has 2 heterocycles. The van der Waals surface area contributed by atoms with Gasteiger partial charge < -0.3 is 5.32 Å². The molecule has 0 atom stereocenters. The minimum atomic E-state index is 0.722. The van der Waals surface area contributed by atoms with Gasteiger partial charge in [-0.25, -0.2) is 4.98 Å². The van der Waals surface area contributed by atoms with Crippen LogP contribution in [-0.2, 0) is 6.54 Å². The van der Waals surface area contributed by atoms with E-state index in [-0.39, 0.29) is 0 Å². The second-order valence-corrected chi connectivity index (χ2v) is 6.07. The molecule has 0 spiro atoms. The van der Waals surface area contributed by atoms with Crippen LogP contribution in [0.2, 0.25) is 0 Å². The average Bonchev–Trinajstić information content (AvgIpc) is 3.21. The lowest BCUT2D eigenvalue weighted by molar-refractivity contribution is 0.678. The molecule has 1 saturated carbocycles. The Bertz CT molecular complexity index is 741. The van der Waals surface area contributed by atoms with Gasteiger partial charge in [-0.3, -0.25) is 4.98 Å². The maximum atomic E-state index is 4.75. The second-order valence-electron chi connectivity index (χ2n) is 5.21. The number of nitrogens with zero attached hydrogens (tertiary/aromatic N) is 2. The third-order valence-corrected chi connectivity index (χ3v) is 4.52. The second kappa shape index (κ2) is 4.96. The van der Waals surface area contributed by atoms with Crippen molar-refractivity contribution < 1.29 is 0 Å². The molecule has 0 unspecified atom stereocenters. The topological polar surface area (TPSA) is 37.8 Å². The summed E-state index contributed by atoms with van der Waals surface area (Å²) >= 11 is 1.70. The Balaban J connectivity index is 1.67. The van der Waals surface area contributed by atoms with E-state index in [9.17, 15) is 0 Å². The van der Waals surface area contributed by atoms with Gasteiger partial charge in [0, 0.05) is 41.3 Å². The molecule has 4 heteroatoms. The van der Waals surface area contributed by atoms with Crippen molar-refractivity contribution in [2.75, 3.05) is 0 Å². The highest BCUT2D eigenvalue weighted by atomic mass is 32.1. The van der Waals surface area contributed by atoms with E-state index in [1.807, 2.05) is 18.5 Å². The van der Waals surface area contributed by atoms with Crippen LogP contribution in [0.4, 0.5) is 0 Å². The molecule has 1 N–H and O–H groups in total. The number of rotatable bonds is 4. The van der Waals surface area contributed by atoms with Gasteiger partial charge in [-0.2, -0.15) is 0 Å². The molecular weight excluding hydrogens is 266 g/mol. The summed E-state index contributed by atoms with van der Waals surface area (Å²) in [5.74, 6) is 0. The molecule has 1 aliphatic carbocycles. The lowest BCUT2D eigenvalue weighted by atomic mass is 10.1. The van der Waals surface area contributed by atoms with Gasteiger partial charge in [-0.05, 0) is 18.2 Å². The van der Waals surface area contributed by atoms with Gasteiger partial charge in [-0.15, -0.1) is 11.3 Å². The summed E-state index contributed by atoms with van der Waals surface area (Å²) in [6, 6.07) is 9.06. The number of nitrogens with one attached hydrogen (secondary N) is 1. The molecule has 1 aliphatic rings. The number of fused-ring (bicyclic) bond motifs is 1. The van der Waals surface area contributed by atoms with E-state index in [2.05, 4.69) is 33.9 Å². The first-order valence-electron chi connectivity index (χ1n) is 6.91. The number of hydrogen-bond acceptors (Lipinski definition) is 4. The van der Waals surface area contributed by atoms with Crippen LogP contribution in [0.15, 0.2) is 42.0 Å². The lowest BCUT2D eigenvalue weighted by Gasteiger charge is -2.02. The largest absolute Gasteiger partial charge is 0.308 e. The molecule has 3 nitrogen and oxygen atoms in total. The summed E-state index contributed by atoms with van der Waals surface area (Å²) in [7, 11) is 0. The highest BCUT2D eigenvalue weighted by Gasteiger charge is 2.20. The van der Waals surface area contributed by atoms with E-state index < -0.39 is 0 Å². The third-order valence-electron chi connectivity index (χ3n) is 3.60. The van der Waals surface area contributed by atoms with E-state index in [1.54, 1.807) is 11.3 Å². The maximum absolute atomic E-state index is 4.75. The van der Waals surface area contributed by atoms with Gasteiger partial charge in [0.2, 0.25) is 0 Å². The van der Waals surface area contributed by atoms with Crippen molar-refractivity contribution in [1.29, 1.82) is 0 Å². The highest BCUT2D eigenvalue weighted by Crippen LogP contribution is 2.30. The van der Waals surface area contributed by atoms with Gasteiger partial charge in [0.25, 0.3) is 0 Å². The zero-order valence-corrected chi connectivity index (χ0v) is 11.9. The average molecular weight is 281 g/mol. The summed E-state index contributed by atoms with van der Waals surface area (Å²) in [5, 5.41) is 9.09. The van der Waals surface area contributed by atoms with Gasteiger partial charge in [0.15, 0.2) is 0 Å². The Morgan fingerprint density at radius 3 is 3.00 bits per heavy atom. The fraction of sp³-hybridized carbons (Fsp3) is 0.250. The van der Waals surface area contributed by atoms with E-state index >= 15 is 0 Å². The monoisotopic (exact) mass is 281 g/mol. The zero-order valence-electron chi connectivity index (χ0n) is 11.0. The first-order valence-corrected chi connectivity index (χ1v) is 7.79. The van der Waals surface area contributed by atoms with Crippen molar-refractivity contribution >= 4 is 22.1 Å². The van der Waals surface area contributed by atoms with Crippen LogP contribution in [0.25, 0.3) is 21.3 Å². The molecule has 3 aromatic rings. The zero-order chi connectivity index (χ0) is 13.4. The Hall–Kier alpha value is -1.78. The highest BCUT2D eigenvalue weighted by molar-refractivity contribution is 7.13. The van der Waals surface area contributed by atoms with Crippen molar-refractivity contribution in [3.63, 3.8) is 0 Å². The summed E-state index contributed by atoms with van der Waals surface area (Å²) in [4.78, 5) is 9.08. The fourth-order valence-electron chi connectivity index (χ4n) is 2.34. The molecule has 20 heavy (non-hydrogen) atoms. The maximum Gasteiger partial charge on any atom is 0.125 e. The van der Waals surface area contributed by atoms with Crippen molar-refractivity contribution in [1.82, 2.24) is 15.3 Å². The van der Waals surface area contributed by atoms with E-state index in [1.165, 1.54) is 18.2 Å². The lowest BCUT2D eigenvalue weighted by Crippen LogP contribution is -2.15. The van der Waals surface area contributed by atoms with Crippen LogP contribution in [0, 0.1) is 0 Å². The summed E-state index contributed by atoms with van der Waals surface area (Å²) in [5.41, 5.74) is 2.26. The number of thiazole rings is 1. The fourth-order valence-corrected chi connectivity index (χ4v) is 3.18. The molecule has 0 amide bonds. The Labute approximate surface area is 121 Å². The number of aromatic nitrogens is 2. The molecule has 2 aromatic heterocycles. The van der Waals surface area contributed by atoms with Crippen LogP contribution < -0.4 is 5.32 Å². The minimum absolute atomic E-state index is 0.722. The van der Waals surface area contributed by atoms with Crippen LogP contribution in [-0.4, -0.2) is 16.0 Å². The van der Waals surface area contributed by atoms with Gasteiger partial charge >= 0.3 is 0 Å². The predicted octanol–water partition coefficient (Wildman–Crippen LogP) is 3.61. The van der Waals surface area contributed by atoms with Crippen LogP contribution >= 0.6 is 11.3 Å². The standard InChI is InChI=1S/C16H15N3S/c1-2-4-14-11(3-1)7-17-9-15(14)16-19-13(10-20-16)8-18-12-5-6-12/h1-4,7,9-10,12,18H,5-6,8H2. The quantitative estimate of drug-likeness (QED) is 0.794. The Morgan fingerprint density at radius 2 is 2.10 bits per heavy atom. The van der Waals surface area contributed by atoms with Crippen molar-refractivity contribution in [3.05, 3.63) is 47.7 Å². The van der Waals surface area contributed by atoms with E-state index in [4.69, 9.17) is 4.98 Å². The molecule has 4 rings (SSSR count). The molecule has 1 aromatic carbocycles. The van der Waals surface area contributed by atoms with E-state index in [0.29, 0.717) is 0 Å². The molecule has 0 aliphatic heterocycles. The molecule has 0 bridgehead atoms. The molecule has 1 fully saturated rings. The number of benzene rings is 1. The van der Waals surface area contributed by atoms with Crippen LogP contribution in [0.1, 0.15) is 18.5 Å². The first-order chi connectivity index (χ1) is 9.90. The van der Waals surface area contributed by atoms with Gasteiger partial charge in [-0.1, -0.05) is 24.3 Å². The first kappa shape index (κ1) is 12.0. The third kappa shape index (κ3) is 2.32. The molecular formula is C16H15N3S. The summed E-state index contributed by atoms with van der Waals surface area (Å²) in [6.45, 7) is 0.874. The van der Waals surface area contributed by atoms with Crippen LogP contribution in [0.5, 0.6) is 0 Å². The smallest absolute Gasteiger partial charge is 0.125 e. The molecule has 0 saturated heterocycles. The van der Waals surface area contributed by atoms with Crippen LogP contribution in [0.3, 0.4) is 0 Å². The Morgan fingerprint density at radius 1 is 1.20 bits per heavy atom. The number of pyridine rings is 1. The number of hydrogen-bond donors (Lipinski definition) is 1. The van der Waals surface area contributed by atoms with Gasteiger partial charge in [0.1, 0.15) is 5.01 Å². The summed E-state index contributed by atoms with van der Waals surface area (Å²) in [6.07, 6.45) is 6.44. The SMILES string of the molecule is c1ccc2c(-c3nc(CNC4CC4)cs3)cncc2c1. The van der Waals surface area contributed by atoms with Gasteiger partial charge in [0.05, 0.1) is 5.69 Å². The van der Waals surface area contributed by atoms with Crippen molar-refractivity contribution in [2.45, 2.75) is 25.4 Å². The normalized spacial score (nSPS) is 14.8. The van der Waals surface area contributed by atoms with Crippen molar-refractivity contribution in [3.8, 4) is 10.6 Å². The van der Waals surface area contributed by atoms with E-state index in [0.717, 1.165) is 34.2 Å². The molecule has 0 radical (unpaired) electrons. The summed E-state index contributed by atoms with van der Waals surface area (Å²) < 4.78 is 0. The molecule has 100 valence electrons. The predicted molar refractivity (Wildman–Crippen MR) is 82.7 cm³/mol. The Kier molecular flexibility index (Phi) is 2.98.